The monoisotopic (exact) mass is 655 g/mol. The molecule has 7 heteroatoms. The van der Waals surface area contributed by atoms with Crippen molar-refractivity contribution in [1.29, 1.82) is 0 Å². The molecule has 0 spiro atoms. The predicted molar refractivity (Wildman–Crippen MR) is 192 cm³/mol. The maximum atomic E-state index is 12.5. The number of esters is 2. The topological polar surface area (TPSA) is 95.7 Å². The van der Waals surface area contributed by atoms with Crippen LogP contribution in [0.2, 0.25) is 0 Å². The Morgan fingerprint density at radius 1 is 0.556 bits per heavy atom. The van der Waals surface area contributed by atoms with Gasteiger partial charge in [-0.3, -0.25) is 14.4 Å². The molecule has 0 heterocycles. The normalized spacial score (nSPS) is 12.6. The van der Waals surface area contributed by atoms with Crippen molar-refractivity contribution in [1.82, 2.24) is 0 Å². The third-order valence-electron chi connectivity index (χ3n) is 8.45. The van der Waals surface area contributed by atoms with Crippen LogP contribution in [-0.4, -0.2) is 48.5 Å². The van der Waals surface area contributed by atoms with Gasteiger partial charge in [-0.15, -0.1) is 0 Å². The molecular weight excluding hydrogens is 582 g/mol. The fourth-order valence-electron chi connectivity index (χ4n) is 5.55. The number of thioether (sulfide) groups is 1. The van der Waals surface area contributed by atoms with Gasteiger partial charge in [0.05, 0.1) is 6.04 Å². The lowest BCUT2D eigenvalue weighted by Gasteiger charge is -2.18. The fourth-order valence-corrected chi connectivity index (χ4v) is 6.44. The summed E-state index contributed by atoms with van der Waals surface area (Å²) in [5.74, 6) is 0.343. The molecule has 2 N–H and O–H groups in total. The Labute approximate surface area is 282 Å². The highest BCUT2D eigenvalue weighted by atomic mass is 32.2. The van der Waals surface area contributed by atoms with E-state index < -0.39 is 12.1 Å². The first kappa shape index (κ1) is 43.9. The first-order chi connectivity index (χ1) is 22.0. The van der Waals surface area contributed by atoms with E-state index in [1.807, 2.05) is 0 Å². The Morgan fingerprint density at radius 3 is 1.29 bits per heavy atom. The summed E-state index contributed by atoms with van der Waals surface area (Å²) in [6.45, 7) is 4.57. The van der Waals surface area contributed by atoms with Crippen molar-refractivity contribution in [3.8, 4) is 0 Å². The van der Waals surface area contributed by atoms with Gasteiger partial charge in [0.2, 0.25) is 6.29 Å². The number of carbonyl (C=O) groups excluding carboxylic acids is 3. The molecule has 1 unspecified atom stereocenters. The van der Waals surface area contributed by atoms with Crippen LogP contribution in [0.3, 0.4) is 0 Å². The zero-order valence-corrected chi connectivity index (χ0v) is 30.4. The molecule has 0 aromatic carbocycles. The van der Waals surface area contributed by atoms with Gasteiger partial charge < -0.3 is 15.2 Å². The highest BCUT2D eigenvalue weighted by molar-refractivity contribution is 7.99. The Morgan fingerprint density at radius 2 is 0.911 bits per heavy atom. The van der Waals surface area contributed by atoms with Gasteiger partial charge in [-0.2, -0.15) is 11.8 Å². The van der Waals surface area contributed by atoms with E-state index in [0.29, 0.717) is 24.3 Å². The number of rotatable bonds is 36. The Bertz CT molecular complexity index is 662. The van der Waals surface area contributed by atoms with Gasteiger partial charge in [-0.25, -0.2) is 0 Å². The molecule has 0 aromatic rings. The van der Waals surface area contributed by atoms with Crippen molar-refractivity contribution in [3.05, 3.63) is 0 Å². The van der Waals surface area contributed by atoms with Crippen LogP contribution in [0.15, 0.2) is 0 Å². The van der Waals surface area contributed by atoms with Crippen LogP contribution in [0.1, 0.15) is 194 Å². The van der Waals surface area contributed by atoms with E-state index in [-0.39, 0.29) is 18.5 Å². The van der Waals surface area contributed by atoms with E-state index in [2.05, 4.69) is 13.8 Å². The summed E-state index contributed by atoms with van der Waals surface area (Å²) in [6, 6.07) is -0.671. The van der Waals surface area contributed by atoms with Crippen molar-refractivity contribution in [2.45, 2.75) is 206 Å². The summed E-state index contributed by atoms with van der Waals surface area (Å²) < 4.78 is 11.1. The second kappa shape index (κ2) is 35.8. The second-order valence-corrected chi connectivity index (χ2v) is 14.1. The Balaban J connectivity index is 3.98. The van der Waals surface area contributed by atoms with E-state index in [1.165, 1.54) is 140 Å². The van der Waals surface area contributed by atoms with E-state index in [1.54, 1.807) is 6.29 Å². The Hall–Kier alpha value is -1.08. The standard InChI is InChI=1S/C38H72NO5S/c1-3-5-7-9-11-13-15-17-19-21-23-25-27-29-37(41)43-32-36(34-45-33-35(39)31-40)44-38(42)30-28-26-24-22-20-18-16-14-12-10-8-6-4-2/h35-36H,3-30,32-34,39H2,1-2H3/t35-,36?/m1/s1. The molecule has 6 nitrogen and oxygen atoms in total. The molecule has 2 atom stereocenters. The van der Waals surface area contributed by atoms with Crippen LogP contribution in [-0.2, 0) is 23.9 Å². The highest BCUT2D eigenvalue weighted by Crippen LogP contribution is 2.16. The van der Waals surface area contributed by atoms with Crippen LogP contribution in [0.5, 0.6) is 0 Å². The van der Waals surface area contributed by atoms with Crippen LogP contribution in [0, 0.1) is 0 Å². The quantitative estimate of drug-likeness (QED) is 0.0530. The number of ether oxygens (including phenoxy) is 2. The smallest absolute Gasteiger partial charge is 0.306 e. The average Bonchev–Trinajstić information content (AvgIpc) is 3.04. The molecule has 0 rings (SSSR count). The second-order valence-electron chi connectivity index (χ2n) is 13.0. The molecule has 0 amide bonds. The molecule has 45 heavy (non-hydrogen) atoms. The van der Waals surface area contributed by atoms with Gasteiger partial charge in [0.25, 0.3) is 0 Å². The maximum absolute atomic E-state index is 12.5. The zero-order valence-electron chi connectivity index (χ0n) is 29.6. The highest BCUT2D eigenvalue weighted by Gasteiger charge is 2.18. The molecular formula is C38H72NO5S. The molecule has 0 aliphatic carbocycles. The Kier molecular flexibility index (Phi) is 34.9. The van der Waals surface area contributed by atoms with Crippen molar-refractivity contribution in [2.75, 3.05) is 18.1 Å². The van der Waals surface area contributed by atoms with E-state index in [9.17, 15) is 14.4 Å². The number of nitrogens with two attached hydrogens (primary N) is 1. The summed E-state index contributed by atoms with van der Waals surface area (Å²) in [7, 11) is 0. The average molecular weight is 655 g/mol. The predicted octanol–water partition coefficient (Wildman–Crippen LogP) is 10.6. The lowest BCUT2D eigenvalue weighted by atomic mass is 10.0. The minimum Gasteiger partial charge on any atom is -0.462 e. The summed E-state index contributed by atoms with van der Waals surface area (Å²) >= 11 is 1.42. The third kappa shape index (κ3) is 34.1. The fraction of sp³-hybridized carbons (Fsp3) is 0.921. The minimum atomic E-state index is -0.671. The molecule has 0 bridgehead atoms. The van der Waals surface area contributed by atoms with Gasteiger partial charge in [0.1, 0.15) is 12.7 Å². The van der Waals surface area contributed by atoms with Crippen LogP contribution >= 0.6 is 11.8 Å². The number of hydrogen-bond donors (Lipinski definition) is 1. The summed E-state index contributed by atoms with van der Waals surface area (Å²) in [4.78, 5) is 35.6. The van der Waals surface area contributed by atoms with E-state index >= 15 is 0 Å². The van der Waals surface area contributed by atoms with E-state index in [4.69, 9.17) is 15.2 Å². The van der Waals surface area contributed by atoms with Crippen LogP contribution in [0.25, 0.3) is 0 Å². The van der Waals surface area contributed by atoms with Gasteiger partial charge in [0.15, 0.2) is 0 Å². The van der Waals surface area contributed by atoms with Gasteiger partial charge >= 0.3 is 11.9 Å². The van der Waals surface area contributed by atoms with Crippen molar-refractivity contribution in [2.24, 2.45) is 5.73 Å². The lowest BCUT2D eigenvalue weighted by Crippen LogP contribution is -2.29. The van der Waals surface area contributed by atoms with Crippen molar-refractivity contribution < 1.29 is 23.9 Å². The molecule has 0 aromatic heterocycles. The molecule has 0 fully saturated rings. The SMILES string of the molecule is CCCCCCCCCCCCCCCC(=O)OCC(CSC[C@H](N)[C]=O)OC(=O)CCCCCCCCCCCCCCC. The number of carbonyl (C=O) groups is 2. The first-order valence-electron chi connectivity index (χ1n) is 19.1. The van der Waals surface area contributed by atoms with Crippen LogP contribution in [0.4, 0.5) is 0 Å². The molecule has 0 aliphatic heterocycles. The third-order valence-corrected chi connectivity index (χ3v) is 9.65. The van der Waals surface area contributed by atoms with Crippen molar-refractivity contribution >= 4 is 30.0 Å². The molecule has 0 saturated carbocycles. The lowest BCUT2D eigenvalue weighted by molar-refractivity contribution is -0.157. The van der Waals surface area contributed by atoms with Gasteiger partial charge in [-0.05, 0) is 12.8 Å². The van der Waals surface area contributed by atoms with Crippen molar-refractivity contribution in [3.63, 3.8) is 0 Å². The summed E-state index contributed by atoms with van der Waals surface area (Å²) in [5.41, 5.74) is 5.65. The minimum absolute atomic E-state index is 0.0503. The summed E-state index contributed by atoms with van der Waals surface area (Å²) in [6.07, 6.45) is 34.8. The zero-order chi connectivity index (χ0) is 33.1. The summed E-state index contributed by atoms with van der Waals surface area (Å²) in [5, 5.41) is 0. The molecule has 265 valence electrons. The van der Waals surface area contributed by atoms with E-state index in [0.717, 1.165) is 38.5 Å². The van der Waals surface area contributed by atoms with Gasteiger partial charge in [0, 0.05) is 24.3 Å². The van der Waals surface area contributed by atoms with Crippen LogP contribution < -0.4 is 5.73 Å². The molecule has 0 aliphatic rings. The molecule has 1 radical (unpaired) electrons. The largest absolute Gasteiger partial charge is 0.462 e. The van der Waals surface area contributed by atoms with Gasteiger partial charge in [-0.1, -0.05) is 168 Å². The molecule has 0 saturated heterocycles. The maximum Gasteiger partial charge on any atom is 0.306 e. The number of hydrogen-bond acceptors (Lipinski definition) is 7. The number of unbranched alkanes of at least 4 members (excludes halogenated alkanes) is 24. The first-order valence-corrected chi connectivity index (χ1v) is 20.2.